The van der Waals surface area contributed by atoms with Gasteiger partial charge in [-0.15, -0.1) is 0 Å². The van der Waals surface area contributed by atoms with E-state index in [9.17, 15) is 18.0 Å². The standard InChI is InChI=1S/C21H27ClF3NO3/c1-4-26-19-16(14(3)18(22)20(26)27)12-15(13-17(19)21(23,24)25)29-11-9-7-6-8-10-28-5-2/h12-13H,4-11H2,1-3H3. The minimum atomic E-state index is -4.62. The zero-order valence-corrected chi connectivity index (χ0v) is 17.8. The van der Waals surface area contributed by atoms with E-state index in [0.29, 0.717) is 18.8 Å². The van der Waals surface area contributed by atoms with Crippen molar-refractivity contribution < 1.29 is 22.6 Å². The third kappa shape index (κ3) is 5.66. The number of hydrogen-bond acceptors (Lipinski definition) is 3. The Bertz CT molecular complexity index is 894. The maximum absolute atomic E-state index is 13.8. The van der Waals surface area contributed by atoms with E-state index in [1.807, 2.05) is 6.92 Å². The van der Waals surface area contributed by atoms with Gasteiger partial charge in [-0.05, 0) is 57.7 Å². The number of pyridine rings is 1. The Morgan fingerprint density at radius 2 is 1.72 bits per heavy atom. The molecule has 0 saturated heterocycles. The van der Waals surface area contributed by atoms with Gasteiger partial charge in [0.2, 0.25) is 0 Å². The summed E-state index contributed by atoms with van der Waals surface area (Å²) in [4.78, 5) is 12.4. The number of nitrogens with zero attached hydrogens (tertiary/aromatic N) is 1. The van der Waals surface area contributed by atoms with E-state index >= 15 is 0 Å². The highest BCUT2D eigenvalue weighted by Gasteiger charge is 2.35. The molecule has 2 aromatic rings. The number of benzene rings is 1. The Morgan fingerprint density at radius 3 is 2.31 bits per heavy atom. The first-order valence-corrected chi connectivity index (χ1v) is 10.2. The molecule has 0 aliphatic heterocycles. The topological polar surface area (TPSA) is 40.5 Å². The lowest BCUT2D eigenvalue weighted by molar-refractivity contribution is -0.136. The molecule has 0 aliphatic carbocycles. The van der Waals surface area contributed by atoms with Crippen LogP contribution >= 0.6 is 11.6 Å². The van der Waals surface area contributed by atoms with E-state index in [1.165, 1.54) is 6.07 Å². The summed E-state index contributed by atoms with van der Waals surface area (Å²) in [6.07, 6.45) is -1.05. The first-order valence-electron chi connectivity index (χ1n) is 9.86. The molecule has 0 saturated carbocycles. The monoisotopic (exact) mass is 433 g/mol. The second-order valence-corrected chi connectivity index (χ2v) is 7.19. The van der Waals surface area contributed by atoms with Gasteiger partial charge < -0.3 is 14.0 Å². The van der Waals surface area contributed by atoms with Crippen LogP contribution in [-0.2, 0) is 17.5 Å². The molecule has 1 aromatic carbocycles. The van der Waals surface area contributed by atoms with Crippen LogP contribution in [0.3, 0.4) is 0 Å². The van der Waals surface area contributed by atoms with E-state index in [4.69, 9.17) is 21.1 Å². The molecule has 0 spiro atoms. The van der Waals surface area contributed by atoms with E-state index in [-0.39, 0.29) is 28.2 Å². The maximum Gasteiger partial charge on any atom is 0.418 e. The molecule has 0 N–H and O–H groups in total. The quantitative estimate of drug-likeness (QED) is 0.433. The van der Waals surface area contributed by atoms with Crippen LogP contribution in [0, 0.1) is 6.92 Å². The Morgan fingerprint density at radius 1 is 1.07 bits per heavy atom. The van der Waals surface area contributed by atoms with Gasteiger partial charge in [-0.2, -0.15) is 13.2 Å². The van der Waals surface area contributed by atoms with Gasteiger partial charge in [0.15, 0.2) is 0 Å². The normalized spacial score (nSPS) is 12.0. The molecular weight excluding hydrogens is 407 g/mol. The summed E-state index contributed by atoms with van der Waals surface area (Å²) in [5.74, 6) is 0.125. The van der Waals surface area contributed by atoms with Crippen LogP contribution in [0.25, 0.3) is 10.9 Å². The van der Waals surface area contributed by atoms with Crippen molar-refractivity contribution >= 4 is 22.5 Å². The number of alkyl halides is 3. The molecule has 0 fully saturated rings. The van der Waals surface area contributed by atoms with Crippen molar-refractivity contribution in [2.45, 2.75) is 59.2 Å². The van der Waals surface area contributed by atoms with Gasteiger partial charge in [0.25, 0.3) is 5.56 Å². The van der Waals surface area contributed by atoms with Crippen molar-refractivity contribution in [2.24, 2.45) is 0 Å². The smallest absolute Gasteiger partial charge is 0.418 e. The van der Waals surface area contributed by atoms with E-state index in [1.54, 1.807) is 13.8 Å². The number of hydrogen-bond donors (Lipinski definition) is 0. The molecule has 8 heteroatoms. The molecular formula is C21H27ClF3NO3. The minimum absolute atomic E-state index is 0.0704. The van der Waals surface area contributed by atoms with Crippen LogP contribution in [-0.4, -0.2) is 24.4 Å². The van der Waals surface area contributed by atoms with Crippen LogP contribution in [0.4, 0.5) is 13.2 Å². The first-order chi connectivity index (χ1) is 13.7. The molecule has 29 heavy (non-hydrogen) atoms. The lowest BCUT2D eigenvalue weighted by Gasteiger charge is -2.19. The summed E-state index contributed by atoms with van der Waals surface area (Å²) < 4.78 is 53.2. The second-order valence-electron chi connectivity index (χ2n) is 6.81. The molecule has 0 bridgehead atoms. The Hall–Kier alpha value is -1.73. The van der Waals surface area contributed by atoms with Crippen molar-refractivity contribution in [3.05, 3.63) is 38.6 Å². The SMILES string of the molecule is CCOCCCCCCOc1cc(C(F)(F)F)c2c(c1)c(C)c(Cl)c(=O)n2CC. The van der Waals surface area contributed by atoms with E-state index in [2.05, 4.69) is 0 Å². The molecule has 1 heterocycles. The number of unbranched alkanes of at least 4 members (excludes halogenated alkanes) is 3. The summed E-state index contributed by atoms with van der Waals surface area (Å²) in [5.41, 5.74) is -1.34. The summed E-state index contributed by atoms with van der Waals surface area (Å²) in [5, 5.41) is 0.205. The van der Waals surface area contributed by atoms with Gasteiger partial charge in [-0.1, -0.05) is 18.0 Å². The Kier molecular flexibility index (Phi) is 8.40. The van der Waals surface area contributed by atoms with Gasteiger partial charge in [0.1, 0.15) is 10.8 Å². The summed E-state index contributed by atoms with van der Waals surface area (Å²) in [6, 6.07) is 2.50. The summed E-state index contributed by atoms with van der Waals surface area (Å²) >= 11 is 6.09. The highest BCUT2D eigenvalue weighted by atomic mass is 35.5. The van der Waals surface area contributed by atoms with Gasteiger partial charge in [-0.25, -0.2) is 0 Å². The molecule has 0 aliphatic rings. The molecule has 0 unspecified atom stereocenters. The van der Waals surface area contributed by atoms with E-state index < -0.39 is 17.3 Å². The van der Waals surface area contributed by atoms with Crippen LogP contribution in [0.15, 0.2) is 16.9 Å². The number of halogens is 4. The molecule has 4 nitrogen and oxygen atoms in total. The zero-order valence-electron chi connectivity index (χ0n) is 17.0. The molecule has 2 rings (SSSR count). The average molecular weight is 434 g/mol. The van der Waals surface area contributed by atoms with Crippen molar-refractivity contribution in [1.29, 1.82) is 0 Å². The first kappa shape index (κ1) is 23.5. The molecule has 162 valence electrons. The Labute approximate surface area is 173 Å². The van der Waals surface area contributed by atoms with Crippen molar-refractivity contribution in [3.8, 4) is 5.75 Å². The maximum atomic E-state index is 13.8. The number of fused-ring (bicyclic) bond motifs is 1. The largest absolute Gasteiger partial charge is 0.494 e. The highest BCUT2D eigenvalue weighted by molar-refractivity contribution is 6.32. The predicted molar refractivity (Wildman–Crippen MR) is 109 cm³/mol. The third-order valence-electron chi connectivity index (χ3n) is 4.80. The summed E-state index contributed by atoms with van der Waals surface area (Å²) in [6.45, 7) is 6.92. The fraction of sp³-hybridized carbons (Fsp3) is 0.571. The summed E-state index contributed by atoms with van der Waals surface area (Å²) in [7, 11) is 0. The number of aryl methyl sites for hydroxylation is 2. The van der Waals surface area contributed by atoms with Crippen LogP contribution in [0.2, 0.25) is 5.02 Å². The molecule has 1 aromatic heterocycles. The van der Waals surface area contributed by atoms with Gasteiger partial charge in [0, 0.05) is 25.1 Å². The zero-order chi connectivity index (χ0) is 21.6. The lowest BCUT2D eigenvalue weighted by atomic mass is 10.0. The van der Waals surface area contributed by atoms with Crippen LogP contribution in [0.1, 0.15) is 50.7 Å². The van der Waals surface area contributed by atoms with Crippen LogP contribution < -0.4 is 10.3 Å². The predicted octanol–water partition coefficient (Wildman–Crippen LogP) is 5.98. The van der Waals surface area contributed by atoms with Crippen molar-refractivity contribution in [1.82, 2.24) is 4.57 Å². The van der Waals surface area contributed by atoms with Gasteiger partial charge in [-0.3, -0.25) is 4.79 Å². The number of rotatable bonds is 10. The van der Waals surface area contributed by atoms with E-state index in [0.717, 1.165) is 42.9 Å². The highest BCUT2D eigenvalue weighted by Crippen LogP contribution is 2.39. The molecule has 0 atom stereocenters. The fourth-order valence-electron chi connectivity index (χ4n) is 3.28. The fourth-order valence-corrected chi connectivity index (χ4v) is 3.48. The Balaban J connectivity index is 2.28. The molecule has 0 radical (unpaired) electrons. The van der Waals surface area contributed by atoms with Gasteiger partial charge >= 0.3 is 6.18 Å². The third-order valence-corrected chi connectivity index (χ3v) is 5.24. The number of ether oxygens (including phenoxy) is 2. The average Bonchev–Trinajstić information content (AvgIpc) is 2.68. The minimum Gasteiger partial charge on any atom is -0.494 e. The van der Waals surface area contributed by atoms with Gasteiger partial charge in [0.05, 0.1) is 17.7 Å². The number of aromatic nitrogens is 1. The van der Waals surface area contributed by atoms with Crippen molar-refractivity contribution in [3.63, 3.8) is 0 Å². The lowest BCUT2D eigenvalue weighted by Crippen LogP contribution is -2.24. The van der Waals surface area contributed by atoms with Crippen molar-refractivity contribution in [2.75, 3.05) is 19.8 Å². The molecule has 0 amide bonds. The van der Waals surface area contributed by atoms with Crippen LogP contribution in [0.5, 0.6) is 5.75 Å². The second kappa shape index (κ2) is 10.3.